The smallest absolute Gasteiger partial charge is 0.488 e. The van der Waals surface area contributed by atoms with Gasteiger partial charge in [-0.05, 0) is 52.5 Å². The molecule has 0 saturated carbocycles. The van der Waals surface area contributed by atoms with Crippen molar-refractivity contribution >= 4 is 36.6 Å². The van der Waals surface area contributed by atoms with Gasteiger partial charge < -0.3 is 14.8 Å². The van der Waals surface area contributed by atoms with Crippen LogP contribution in [-0.4, -0.2) is 21.7 Å². The number of nitrogens with zero attached hydrogens (tertiary/aromatic N) is 1. The zero-order chi connectivity index (χ0) is 23.4. The molecule has 0 radical (unpaired) electrons. The summed E-state index contributed by atoms with van der Waals surface area (Å²) in [6, 6.07) is 20.4. The van der Waals surface area contributed by atoms with Crippen molar-refractivity contribution in [1.29, 1.82) is 0 Å². The highest BCUT2D eigenvalue weighted by atomic mass is 32.1. The fraction of sp³-hybridized carbons (Fsp3) is 0.0800. The van der Waals surface area contributed by atoms with Crippen LogP contribution in [0.15, 0.2) is 77.6 Å². The molecular weight excluding hydrogens is 440 g/mol. The van der Waals surface area contributed by atoms with E-state index in [1.54, 1.807) is 41.0 Å². The third-order valence-electron chi connectivity index (χ3n) is 5.14. The van der Waals surface area contributed by atoms with Crippen LogP contribution in [0.4, 0.5) is 4.39 Å². The Labute approximate surface area is 194 Å². The standard InChI is InChI=1S/C25H21BFNO4S/c1-17-24(33-25(29)28(17)15-19-4-10-22(27)11-5-19)14-18-6-12-23(13-7-18)32-16-20-2-8-21(9-3-20)26(30)31/h2-14,30-31H,1,15-16H2/b24-14-. The van der Waals surface area contributed by atoms with E-state index in [2.05, 4.69) is 6.58 Å². The summed E-state index contributed by atoms with van der Waals surface area (Å²) in [5, 5.41) is 18.9. The van der Waals surface area contributed by atoms with Crippen LogP contribution < -0.4 is 25.0 Å². The fourth-order valence-corrected chi connectivity index (χ4v) is 4.16. The quantitative estimate of drug-likeness (QED) is 0.411. The third kappa shape index (κ3) is 5.67. The van der Waals surface area contributed by atoms with E-state index in [-0.39, 0.29) is 10.7 Å². The molecular formula is C25H21BFNO4S. The number of hydrogen-bond acceptors (Lipinski definition) is 5. The second kappa shape index (κ2) is 10.00. The summed E-state index contributed by atoms with van der Waals surface area (Å²) in [5.41, 5.74) is 3.07. The van der Waals surface area contributed by atoms with Gasteiger partial charge in [0.25, 0.3) is 0 Å². The van der Waals surface area contributed by atoms with Crippen molar-refractivity contribution in [2.24, 2.45) is 0 Å². The van der Waals surface area contributed by atoms with Crippen molar-refractivity contribution in [3.05, 3.63) is 115 Å². The van der Waals surface area contributed by atoms with E-state index in [9.17, 15) is 9.18 Å². The maximum absolute atomic E-state index is 13.1. The lowest BCUT2D eigenvalue weighted by Gasteiger charge is -2.07. The van der Waals surface area contributed by atoms with Gasteiger partial charge in [0.1, 0.15) is 18.2 Å². The average Bonchev–Trinajstić information content (AvgIpc) is 3.07. The molecule has 0 aliphatic heterocycles. The van der Waals surface area contributed by atoms with Gasteiger partial charge in [0.05, 0.1) is 16.4 Å². The highest BCUT2D eigenvalue weighted by molar-refractivity contribution is 7.07. The minimum absolute atomic E-state index is 0.115. The molecule has 0 aliphatic rings. The summed E-state index contributed by atoms with van der Waals surface area (Å²) in [6.45, 7) is 4.75. The molecule has 0 amide bonds. The lowest BCUT2D eigenvalue weighted by atomic mass is 9.80. The molecule has 166 valence electrons. The minimum Gasteiger partial charge on any atom is -0.489 e. The van der Waals surface area contributed by atoms with Gasteiger partial charge in [0, 0.05) is 0 Å². The Morgan fingerprint density at radius 1 is 0.970 bits per heavy atom. The molecule has 33 heavy (non-hydrogen) atoms. The van der Waals surface area contributed by atoms with E-state index < -0.39 is 7.12 Å². The molecule has 0 unspecified atom stereocenters. The molecule has 1 heterocycles. The molecule has 0 bridgehead atoms. The van der Waals surface area contributed by atoms with Crippen molar-refractivity contribution in [3.63, 3.8) is 0 Å². The van der Waals surface area contributed by atoms with Crippen molar-refractivity contribution < 1.29 is 19.2 Å². The SMILES string of the molecule is C=c1/c(=C/c2ccc(OCc3ccc(B(O)O)cc3)cc2)sc(=O)n1Cc1ccc(F)cc1. The van der Waals surface area contributed by atoms with Gasteiger partial charge in [0.15, 0.2) is 0 Å². The van der Waals surface area contributed by atoms with E-state index in [4.69, 9.17) is 14.8 Å². The first-order chi connectivity index (χ1) is 15.9. The number of thiazole rings is 1. The number of halogens is 1. The number of ether oxygens (including phenoxy) is 1. The van der Waals surface area contributed by atoms with Crippen molar-refractivity contribution in [2.45, 2.75) is 13.2 Å². The minimum atomic E-state index is -1.49. The first-order valence-electron chi connectivity index (χ1n) is 10.2. The summed E-state index contributed by atoms with van der Waals surface area (Å²) in [6.07, 6.45) is 1.90. The van der Waals surface area contributed by atoms with Crippen LogP contribution in [0.2, 0.25) is 0 Å². The van der Waals surface area contributed by atoms with E-state index in [1.807, 2.05) is 30.3 Å². The van der Waals surface area contributed by atoms with Crippen LogP contribution in [0.1, 0.15) is 16.7 Å². The third-order valence-corrected chi connectivity index (χ3v) is 6.11. The predicted molar refractivity (Wildman–Crippen MR) is 129 cm³/mol. The Balaban J connectivity index is 1.45. The maximum atomic E-state index is 13.1. The fourth-order valence-electron chi connectivity index (χ4n) is 3.26. The van der Waals surface area contributed by atoms with E-state index in [1.165, 1.54) is 12.1 Å². The van der Waals surface area contributed by atoms with Crippen LogP contribution in [0.25, 0.3) is 12.7 Å². The number of rotatable bonds is 7. The zero-order valence-corrected chi connectivity index (χ0v) is 18.5. The number of hydrogen-bond donors (Lipinski definition) is 2. The van der Waals surface area contributed by atoms with Crippen LogP contribution in [0.3, 0.4) is 0 Å². The van der Waals surface area contributed by atoms with Gasteiger partial charge in [-0.25, -0.2) is 4.39 Å². The van der Waals surface area contributed by atoms with Gasteiger partial charge in [0.2, 0.25) is 0 Å². The Morgan fingerprint density at radius 3 is 2.24 bits per heavy atom. The van der Waals surface area contributed by atoms with E-state index in [0.29, 0.717) is 29.7 Å². The van der Waals surface area contributed by atoms with Gasteiger partial charge in [-0.2, -0.15) is 0 Å². The number of aromatic nitrogens is 1. The molecule has 5 nitrogen and oxygen atoms in total. The van der Waals surface area contributed by atoms with Gasteiger partial charge in [-0.15, -0.1) is 0 Å². The highest BCUT2D eigenvalue weighted by Gasteiger charge is 2.09. The lowest BCUT2D eigenvalue weighted by molar-refractivity contribution is 0.306. The summed E-state index contributed by atoms with van der Waals surface area (Å²) in [4.78, 5) is 12.3. The predicted octanol–water partition coefficient (Wildman–Crippen LogP) is 1.60. The van der Waals surface area contributed by atoms with Crippen LogP contribution >= 0.6 is 11.3 Å². The van der Waals surface area contributed by atoms with Crippen molar-refractivity contribution in [1.82, 2.24) is 4.57 Å². The van der Waals surface area contributed by atoms with Crippen molar-refractivity contribution in [2.75, 3.05) is 0 Å². The van der Waals surface area contributed by atoms with E-state index >= 15 is 0 Å². The monoisotopic (exact) mass is 461 g/mol. The van der Waals surface area contributed by atoms with Gasteiger partial charge in [-0.1, -0.05) is 66.4 Å². The molecule has 0 saturated heterocycles. The maximum Gasteiger partial charge on any atom is 0.488 e. The summed E-state index contributed by atoms with van der Waals surface area (Å²) in [7, 11) is -1.49. The lowest BCUT2D eigenvalue weighted by Crippen LogP contribution is -2.31. The molecule has 0 fully saturated rings. The van der Waals surface area contributed by atoms with Crippen molar-refractivity contribution in [3.8, 4) is 5.75 Å². The second-order valence-electron chi connectivity index (χ2n) is 7.51. The topological polar surface area (TPSA) is 71.7 Å². The molecule has 2 N–H and O–H groups in total. The molecule has 0 atom stereocenters. The van der Waals surface area contributed by atoms with Crippen LogP contribution in [0.5, 0.6) is 5.75 Å². The highest BCUT2D eigenvalue weighted by Crippen LogP contribution is 2.14. The first-order valence-corrected chi connectivity index (χ1v) is 11.0. The average molecular weight is 461 g/mol. The Hall–Kier alpha value is -3.46. The Kier molecular flexibility index (Phi) is 6.89. The molecule has 4 rings (SSSR count). The number of benzene rings is 3. The van der Waals surface area contributed by atoms with Crippen LogP contribution in [-0.2, 0) is 13.2 Å². The Bertz CT molecular complexity index is 1400. The zero-order valence-electron chi connectivity index (χ0n) is 17.6. The van der Waals surface area contributed by atoms with Crippen LogP contribution in [0, 0.1) is 5.82 Å². The molecule has 3 aromatic carbocycles. The normalized spacial score (nSPS) is 11.5. The largest absolute Gasteiger partial charge is 0.489 e. The van der Waals surface area contributed by atoms with E-state index in [0.717, 1.165) is 32.6 Å². The molecule has 0 aliphatic carbocycles. The molecule has 8 heteroatoms. The summed E-state index contributed by atoms with van der Waals surface area (Å²) >= 11 is 1.12. The summed E-state index contributed by atoms with van der Waals surface area (Å²) < 4.78 is 21.3. The molecule has 4 aromatic rings. The van der Waals surface area contributed by atoms with Gasteiger partial charge in [-0.3, -0.25) is 9.36 Å². The first kappa shape index (κ1) is 22.7. The van der Waals surface area contributed by atoms with Gasteiger partial charge >= 0.3 is 12.0 Å². The second-order valence-corrected chi connectivity index (χ2v) is 8.50. The molecule has 1 aromatic heterocycles. The molecule has 0 spiro atoms. The Morgan fingerprint density at radius 2 is 1.61 bits per heavy atom. The summed E-state index contributed by atoms with van der Waals surface area (Å²) in [5.74, 6) is 0.377.